The van der Waals surface area contributed by atoms with Gasteiger partial charge in [0.15, 0.2) is 5.82 Å². The molecule has 1 aromatic carbocycles. The topological polar surface area (TPSA) is 84.5 Å². The SMILES string of the molecule is Cc1ccc(NC(=O)Cn2nc3c(N4CCC[C@H](C)C4)nccn3c2=O)cc1C. The number of fused-ring (bicyclic) bond motifs is 1. The second-order valence-corrected chi connectivity index (χ2v) is 7.93. The normalized spacial score (nSPS) is 16.9. The molecule has 1 fully saturated rings. The van der Waals surface area contributed by atoms with Crippen molar-refractivity contribution in [2.45, 2.75) is 40.2 Å². The van der Waals surface area contributed by atoms with Gasteiger partial charge in [-0.25, -0.2) is 18.9 Å². The lowest BCUT2D eigenvalue weighted by molar-refractivity contribution is -0.117. The van der Waals surface area contributed by atoms with Crippen molar-refractivity contribution in [2.24, 2.45) is 5.92 Å². The number of rotatable bonds is 4. The highest BCUT2D eigenvalue weighted by molar-refractivity contribution is 5.90. The van der Waals surface area contributed by atoms with Crippen LogP contribution in [0.5, 0.6) is 0 Å². The lowest BCUT2D eigenvalue weighted by atomic mass is 10.0. The largest absolute Gasteiger partial charge is 0.353 e. The molecule has 0 saturated carbocycles. The molecule has 0 spiro atoms. The molecule has 0 radical (unpaired) electrons. The highest BCUT2D eigenvalue weighted by Crippen LogP contribution is 2.23. The number of aryl methyl sites for hydroxylation is 2. The van der Waals surface area contributed by atoms with E-state index in [1.54, 1.807) is 12.4 Å². The first-order valence-corrected chi connectivity index (χ1v) is 9.98. The number of carbonyl (C=O) groups is 1. The second-order valence-electron chi connectivity index (χ2n) is 7.93. The van der Waals surface area contributed by atoms with E-state index in [4.69, 9.17) is 0 Å². The average molecular weight is 394 g/mol. The number of nitrogens with zero attached hydrogens (tertiary/aromatic N) is 5. The van der Waals surface area contributed by atoms with Crippen LogP contribution in [0.1, 0.15) is 30.9 Å². The number of amides is 1. The summed E-state index contributed by atoms with van der Waals surface area (Å²) >= 11 is 0. The summed E-state index contributed by atoms with van der Waals surface area (Å²) in [5.74, 6) is 0.979. The maximum Gasteiger partial charge on any atom is 0.350 e. The summed E-state index contributed by atoms with van der Waals surface area (Å²) in [7, 11) is 0. The van der Waals surface area contributed by atoms with Crippen LogP contribution in [-0.4, -0.2) is 38.2 Å². The molecular formula is C21H26N6O2. The maximum atomic E-state index is 12.8. The molecular weight excluding hydrogens is 368 g/mol. The monoisotopic (exact) mass is 394 g/mol. The summed E-state index contributed by atoms with van der Waals surface area (Å²) in [6.45, 7) is 7.86. The van der Waals surface area contributed by atoms with Crippen LogP contribution in [0.15, 0.2) is 35.4 Å². The summed E-state index contributed by atoms with van der Waals surface area (Å²) in [5, 5.41) is 7.27. The van der Waals surface area contributed by atoms with Crippen molar-refractivity contribution in [2.75, 3.05) is 23.3 Å². The van der Waals surface area contributed by atoms with Gasteiger partial charge in [0.25, 0.3) is 0 Å². The molecule has 1 aliphatic rings. The number of benzene rings is 1. The van der Waals surface area contributed by atoms with E-state index in [2.05, 4.69) is 27.2 Å². The summed E-state index contributed by atoms with van der Waals surface area (Å²) < 4.78 is 2.66. The van der Waals surface area contributed by atoms with Crippen LogP contribution in [0.2, 0.25) is 0 Å². The van der Waals surface area contributed by atoms with Crippen molar-refractivity contribution in [3.63, 3.8) is 0 Å². The quantitative estimate of drug-likeness (QED) is 0.734. The number of carbonyl (C=O) groups excluding carboxylic acids is 1. The van der Waals surface area contributed by atoms with E-state index < -0.39 is 0 Å². The zero-order valence-electron chi connectivity index (χ0n) is 17.1. The van der Waals surface area contributed by atoms with Crippen LogP contribution in [-0.2, 0) is 11.3 Å². The molecule has 1 atom stereocenters. The van der Waals surface area contributed by atoms with Crippen LogP contribution in [0, 0.1) is 19.8 Å². The minimum Gasteiger partial charge on any atom is -0.353 e. The van der Waals surface area contributed by atoms with Crippen LogP contribution < -0.4 is 15.9 Å². The number of hydrogen-bond acceptors (Lipinski definition) is 5. The molecule has 1 amide bonds. The van der Waals surface area contributed by atoms with E-state index in [0.717, 1.165) is 30.6 Å². The van der Waals surface area contributed by atoms with Gasteiger partial charge < -0.3 is 10.2 Å². The summed E-state index contributed by atoms with van der Waals surface area (Å²) in [5.41, 5.74) is 3.11. The Hall–Kier alpha value is -3.16. The number of nitrogens with one attached hydrogen (secondary N) is 1. The third kappa shape index (κ3) is 3.87. The highest BCUT2D eigenvalue weighted by Gasteiger charge is 2.22. The fraction of sp³-hybridized carbons (Fsp3) is 0.429. The minimum atomic E-state index is -0.344. The zero-order chi connectivity index (χ0) is 20.5. The molecule has 3 aromatic rings. The predicted octanol–water partition coefficient (Wildman–Crippen LogP) is 2.38. The van der Waals surface area contributed by atoms with Crippen molar-refractivity contribution in [1.82, 2.24) is 19.2 Å². The third-order valence-corrected chi connectivity index (χ3v) is 5.52. The lowest BCUT2D eigenvalue weighted by Gasteiger charge is -2.31. The molecule has 8 nitrogen and oxygen atoms in total. The first-order valence-electron chi connectivity index (χ1n) is 9.98. The predicted molar refractivity (Wildman–Crippen MR) is 112 cm³/mol. The van der Waals surface area contributed by atoms with Crippen molar-refractivity contribution in [3.8, 4) is 0 Å². The standard InChI is InChI=1S/C21H26N6O2/c1-14-5-4-9-25(12-14)19-20-24-27(21(29)26(20)10-8-22-19)13-18(28)23-17-7-6-15(2)16(3)11-17/h6-8,10-11,14H,4-5,9,12-13H2,1-3H3,(H,23,28)/t14-/m0/s1. The first kappa shape index (κ1) is 19.2. The molecule has 1 aliphatic heterocycles. The van der Waals surface area contributed by atoms with E-state index >= 15 is 0 Å². The van der Waals surface area contributed by atoms with Crippen LogP contribution in [0.4, 0.5) is 11.5 Å². The molecule has 0 unspecified atom stereocenters. The fourth-order valence-corrected chi connectivity index (χ4v) is 3.80. The van der Waals surface area contributed by atoms with Gasteiger partial charge in [-0.1, -0.05) is 13.0 Å². The van der Waals surface area contributed by atoms with Gasteiger partial charge >= 0.3 is 5.69 Å². The average Bonchev–Trinajstić information content (AvgIpc) is 3.00. The van der Waals surface area contributed by atoms with Gasteiger partial charge in [-0.15, -0.1) is 5.10 Å². The summed E-state index contributed by atoms with van der Waals surface area (Å²) in [6.07, 6.45) is 5.50. The van der Waals surface area contributed by atoms with Crippen molar-refractivity contribution in [3.05, 3.63) is 52.2 Å². The molecule has 0 aliphatic carbocycles. The van der Waals surface area contributed by atoms with Crippen LogP contribution in [0.3, 0.4) is 0 Å². The summed E-state index contributed by atoms with van der Waals surface area (Å²) in [4.78, 5) is 31.9. The van der Waals surface area contributed by atoms with E-state index in [0.29, 0.717) is 23.1 Å². The van der Waals surface area contributed by atoms with Crippen molar-refractivity contribution >= 4 is 23.1 Å². The third-order valence-electron chi connectivity index (χ3n) is 5.52. The summed E-state index contributed by atoms with van der Waals surface area (Å²) in [6, 6.07) is 5.73. The molecule has 4 rings (SSSR count). The molecule has 1 N–H and O–H groups in total. The Bertz CT molecular complexity index is 1120. The van der Waals surface area contributed by atoms with E-state index in [1.807, 2.05) is 32.0 Å². The molecule has 0 bridgehead atoms. The second kappa shape index (κ2) is 7.69. The minimum absolute atomic E-state index is 0.150. The zero-order valence-corrected chi connectivity index (χ0v) is 17.1. The number of hydrogen-bond donors (Lipinski definition) is 1. The molecule has 8 heteroatoms. The lowest BCUT2D eigenvalue weighted by Crippen LogP contribution is -2.35. The fourth-order valence-electron chi connectivity index (χ4n) is 3.80. The number of piperidine rings is 1. The number of anilines is 2. The van der Waals surface area contributed by atoms with Gasteiger partial charge in [0.05, 0.1) is 0 Å². The molecule has 2 aromatic heterocycles. The van der Waals surface area contributed by atoms with Gasteiger partial charge in [-0.05, 0) is 55.9 Å². The molecule has 152 valence electrons. The van der Waals surface area contributed by atoms with Gasteiger partial charge in [0.2, 0.25) is 11.6 Å². The molecule has 29 heavy (non-hydrogen) atoms. The smallest absolute Gasteiger partial charge is 0.350 e. The van der Waals surface area contributed by atoms with Crippen molar-refractivity contribution in [1.29, 1.82) is 0 Å². The Kier molecular flexibility index (Phi) is 5.08. The van der Waals surface area contributed by atoms with Gasteiger partial charge in [0, 0.05) is 31.2 Å². The van der Waals surface area contributed by atoms with Gasteiger partial charge in [-0.2, -0.15) is 0 Å². The number of aromatic nitrogens is 4. The van der Waals surface area contributed by atoms with Crippen LogP contribution >= 0.6 is 0 Å². The Balaban J connectivity index is 1.58. The molecule has 1 saturated heterocycles. The van der Waals surface area contributed by atoms with E-state index in [-0.39, 0.29) is 18.1 Å². The van der Waals surface area contributed by atoms with Crippen molar-refractivity contribution < 1.29 is 4.79 Å². The Morgan fingerprint density at radius 3 is 2.86 bits per heavy atom. The van der Waals surface area contributed by atoms with E-state index in [1.165, 1.54) is 15.5 Å². The van der Waals surface area contributed by atoms with Crippen LogP contribution in [0.25, 0.3) is 5.65 Å². The first-order chi connectivity index (χ1) is 13.9. The Morgan fingerprint density at radius 2 is 2.10 bits per heavy atom. The Morgan fingerprint density at radius 1 is 1.28 bits per heavy atom. The molecule has 3 heterocycles. The highest BCUT2D eigenvalue weighted by atomic mass is 16.2. The maximum absolute atomic E-state index is 12.8. The Labute approximate surface area is 169 Å². The van der Waals surface area contributed by atoms with Gasteiger partial charge in [0.1, 0.15) is 6.54 Å². The van der Waals surface area contributed by atoms with E-state index in [9.17, 15) is 9.59 Å². The van der Waals surface area contributed by atoms with Gasteiger partial charge in [-0.3, -0.25) is 4.79 Å².